The van der Waals surface area contributed by atoms with Crippen molar-refractivity contribution >= 4 is 40.3 Å². The Bertz CT molecular complexity index is 1050. The van der Waals surface area contributed by atoms with Gasteiger partial charge >= 0.3 is 6.09 Å². The summed E-state index contributed by atoms with van der Waals surface area (Å²) in [7, 11) is 1.79. The van der Waals surface area contributed by atoms with Gasteiger partial charge in [-0.25, -0.2) is 14.7 Å². The zero-order valence-corrected chi connectivity index (χ0v) is 19.9. The number of nitrogens with zero attached hydrogens (tertiary/aromatic N) is 2. The summed E-state index contributed by atoms with van der Waals surface area (Å²) in [5.74, 6) is 0.481. The van der Waals surface area contributed by atoms with Crippen LogP contribution in [0.1, 0.15) is 40.0 Å². The first-order valence-corrected chi connectivity index (χ1v) is 11.3. The lowest BCUT2D eigenvalue weighted by Gasteiger charge is -2.26. The standard InChI is InChI=1S/C23H32N6O2S/c1-23(2,3)31-22(30)29(13-9-5-8-12-25-21(32)24-4)20-27-15-19(28-20)17-14-26-18-11-7-6-10-16(17)18/h6-7,10-11,14-15,26H,5,8-9,12-13H2,1-4H3,(H,27,28)(H2,24,25,32). The van der Waals surface area contributed by atoms with Crippen molar-refractivity contribution in [2.24, 2.45) is 0 Å². The highest BCUT2D eigenvalue weighted by molar-refractivity contribution is 7.80. The van der Waals surface area contributed by atoms with Gasteiger partial charge in [-0.15, -0.1) is 0 Å². The minimum atomic E-state index is -0.589. The van der Waals surface area contributed by atoms with E-state index in [1.54, 1.807) is 18.1 Å². The Labute approximate surface area is 194 Å². The largest absolute Gasteiger partial charge is 0.443 e. The van der Waals surface area contributed by atoms with Crippen LogP contribution < -0.4 is 15.5 Å². The molecule has 172 valence electrons. The number of fused-ring (bicyclic) bond motifs is 1. The van der Waals surface area contributed by atoms with E-state index in [1.807, 2.05) is 45.2 Å². The van der Waals surface area contributed by atoms with Gasteiger partial charge in [-0.1, -0.05) is 18.2 Å². The SMILES string of the molecule is CNC(=S)NCCCCCN(C(=O)OC(C)(C)C)c1ncc(-c2c[nH]c3ccccc23)[nH]1. The molecule has 0 bridgehead atoms. The zero-order valence-electron chi connectivity index (χ0n) is 19.1. The number of carbonyl (C=O) groups excluding carboxylic acids is 1. The van der Waals surface area contributed by atoms with Crippen molar-refractivity contribution in [2.75, 3.05) is 25.0 Å². The molecule has 0 saturated heterocycles. The van der Waals surface area contributed by atoms with E-state index >= 15 is 0 Å². The highest BCUT2D eigenvalue weighted by Gasteiger charge is 2.25. The fourth-order valence-electron chi connectivity index (χ4n) is 3.34. The Kier molecular flexibility index (Phi) is 7.74. The molecule has 3 rings (SSSR count). The van der Waals surface area contributed by atoms with E-state index in [1.165, 1.54) is 0 Å². The van der Waals surface area contributed by atoms with Gasteiger partial charge in [0.25, 0.3) is 0 Å². The van der Waals surface area contributed by atoms with Gasteiger partial charge in [-0.05, 0) is 58.3 Å². The second-order valence-corrected chi connectivity index (χ2v) is 8.98. The topological polar surface area (TPSA) is 98.1 Å². The van der Waals surface area contributed by atoms with Crippen molar-refractivity contribution < 1.29 is 9.53 Å². The first-order chi connectivity index (χ1) is 15.3. The lowest BCUT2D eigenvalue weighted by Crippen LogP contribution is -2.38. The number of aromatic nitrogens is 3. The molecule has 0 atom stereocenters. The summed E-state index contributed by atoms with van der Waals surface area (Å²) in [5.41, 5.74) is 2.31. The number of para-hydroxylation sites is 1. The van der Waals surface area contributed by atoms with Crippen molar-refractivity contribution in [1.29, 1.82) is 0 Å². The summed E-state index contributed by atoms with van der Waals surface area (Å²) in [6, 6.07) is 8.08. The Morgan fingerprint density at radius 3 is 2.75 bits per heavy atom. The number of H-pyrrole nitrogens is 2. The van der Waals surface area contributed by atoms with Gasteiger partial charge in [-0.2, -0.15) is 0 Å². The number of nitrogens with one attached hydrogen (secondary N) is 4. The number of hydrogen-bond acceptors (Lipinski definition) is 4. The first-order valence-electron chi connectivity index (χ1n) is 10.9. The zero-order chi connectivity index (χ0) is 23.1. The van der Waals surface area contributed by atoms with Crippen LogP contribution >= 0.6 is 12.2 Å². The Morgan fingerprint density at radius 1 is 1.22 bits per heavy atom. The maximum absolute atomic E-state index is 12.9. The average molecular weight is 457 g/mol. The molecule has 1 amide bonds. The molecule has 2 aromatic heterocycles. The number of unbranched alkanes of at least 4 members (excludes halogenated alkanes) is 2. The molecular weight excluding hydrogens is 424 g/mol. The molecule has 9 heteroatoms. The molecule has 0 aliphatic rings. The van der Waals surface area contributed by atoms with Crippen molar-refractivity contribution in [3.8, 4) is 11.3 Å². The van der Waals surface area contributed by atoms with Crippen LogP contribution in [0.15, 0.2) is 36.7 Å². The van der Waals surface area contributed by atoms with Gasteiger partial charge < -0.3 is 25.3 Å². The molecule has 2 heterocycles. The van der Waals surface area contributed by atoms with Gasteiger partial charge in [0.15, 0.2) is 5.11 Å². The summed E-state index contributed by atoms with van der Waals surface area (Å²) in [6.07, 6.45) is 5.99. The number of ether oxygens (including phenoxy) is 1. The van der Waals surface area contributed by atoms with Crippen LogP contribution in [0.4, 0.5) is 10.7 Å². The van der Waals surface area contributed by atoms with E-state index in [0.29, 0.717) is 17.6 Å². The fraction of sp³-hybridized carbons (Fsp3) is 0.435. The Hall–Kier alpha value is -3.07. The monoisotopic (exact) mass is 456 g/mol. The van der Waals surface area contributed by atoms with Crippen LogP contribution in [0.5, 0.6) is 0 Å². The molecule has 0 fully saturated rings. The highest BCUT2D eigenvalue weighted by atomic mass is 32.1. The van der Waals surface area contributed by atoms with E-state index in [0.717, 1.165) is 48.0 Å². The molecule has 0 aliphatic carbocycles. The number of rotatable bonds is 8. The smallest absolute Gasteiger partial charge is 0.417 e. The molecule has 3 aromatic rings. The number of benzene rings is 1. The van der Waals surface area contributed by atoms with Crippen LogP contribution in [-0.2, 0) is 4.74 Å². The quantitative estimate of drug-likeness (QED) is 0.293. The second kappa shape index (κ2) is 10.5. The van der Waals surface area contributed by atoms with Crippen LogP contribution in [0, 0.1) is 0 Å². The van der Waals surface area contributed by atoms with E-state index in [9.17, 15) is 4.79 Å². The van der Waals surface area contributed by atoms with Crippen molar-refractivity contribution in [2.45, 2.75) is 45.6 Å². The van der Waals surface area contributed by atoms with Gasteiger partial charge in [0.1, 0.15) is 5.60 Å². The third-order valence-corrected chi connectivity index (χ3v) is 5.23. The van der Waals surface area contributed by atoms with E-state index < -0.39 is 11.7 Å². The Balaban J connectivity index is 1.70. The lowest BCUT2D eigenvalue weighted by molar-refractivity contribution is 0.0577. The van der Waals surface area contributed by atoms with Crippen LogP contribution in [0.25, 0.3) is 22.2 Å². The molecule has 0 unspecified atom stereocenters. The van der Waals surface area contributed by atoms with Gasteiger partial charge in [0, 0.05) is 42.8 Å². The van der Waals surface area contributed by atoms with Gasteiger partial charge in [-0.3, -0.25) is 0 Å². The fourth-order valence-corrected chi connectivity index (χ4v) is 3.44. The lowest BCUT2D eigenvalue weighted by atomic mass is 10.1. The van der Waals surface area contributed by atoms with Crippen molar-refractivity contribution in [3.05, 3.63) is 36.7 Å². The summed E-state index contributed by atoms with van der Waals surface area (Å²) >= 11 is 5.08. The van der Waals surface area contributed by atoms with Crippen LogP contribution in [0.2, 0.25) is 0 Å². The number of amides is 1. The van der Waals surface area contributed by atoms with Gasteiger partial charge in [0.05, 0.1) is 11.9 Å². The first kappa shape index (κ1) is 23.6. The number of imidazole rings is 1. The number of hydrogen-bond donors (Lipinski definition) is 4. The molecule has 0 radical (unpaired) electrons. The second-order valence-electron chi connectivity index (χ2n) is 8.57. The number of aromatic amines is 2. The van der Waals surface area contributed by atoms with Crippen LogP contribution in [-0.4, -0.2) is 51.9 Å². The average Bonchev–Trinajstić information content (AvgIpc) is 3.38. The van der Waals surface area contributed by atoms with Crippen molar-refractivity contribution in [3.63, 3.8) is 0 Å². The highest BCUT2D eigenvalue weighted by Crippen LogP contribution is 2.29. The molecule has 0 aliphatic heterocycles. The molecular formula is C23H32N6O2S. The van der Waals surface area contributed by atoms with Gasteiger partial charge in [0.2, 0.25) is 5.95 Å². The molecule has 32 heavy (non-hydrogen) atoms. The summed E-state index contributed by atoms with van der Waals surface area (Å²) in [5, 5.41) is 7.76. The molecule has 0 spiro atoms. The molecule has 1 aromatic carbocycles. The maximum atomic E-state index is 12.9. The minimum Gasteiger partial charge on any atom is -0.443 e. The Morgan fingerprint density at radius 2 is 2.00 bits per heavy atom. The third kappa shape index (κ3) is 6.23. The summed E-state index contributed by atoms with van der Waals surface area (Å²) in [6.45, 7) is 6.88. The summed E-state index contributed by atoms with van der Waals surface area (Å²) < 4.78 is 5.63. The molecule has 4 N–H and O–H groups in total. The van der Waals surface area contributed by atoms with Crippen molar-refractivity contribution in [1.82, 2.24) is 25.6 Å². The molecule has 8 nitrogen and oxygen atoms in total. The van der Waals surface area contributed by atoms with E-state index in [-0.39, 0.29) is 0 Å². The number of anilines is 1. The van der Waals surface area contributed by atoms with E-state index in [2.05, 4.69) is 31.7 Å². The predicted octanol–water partition coefficient (Wildman–Crippen LogP) is 4.56. The normalized spacial score (nSPS) is 11.4. The molecule has 0 saturated carbocycles. The predicted molar refractivity (Wildman–Crippen MR) is 133 cm³/mol. The third-order valence-electron chi connectivity index (χ3n) is 4.88. The van der Waals surface area contributed by atoms with Crippen LogP contribution in [0.3, 0.4) is 0 Å². The summed E-state index contributed by atoms with van der Waals surface area (Å²) in [4.78, 5) is 25.6. The number of carbonyl (C=O) groups is 1. The maximum Gasteiger partial charge on any atom is 0.417 e. The number of thiocarbonyl (C=S) groups is 1. The van der Waals surface area contributed by atoms with E-state index in [4.69, 9.17) is 17.0 Å². The minimum absolute atomic E-state index is 0.410.